The van der Waals surface area contributed by atoms with Crippen molar-refractivity contribution >= 4 is 16.9 Å². The van der Waals surface area contributed by atoms with Gasteiger partial charge in [0, 0.05) is 13.2 Å². The molecule has 0 aliphatic carbocycles. The minimum absolute atomic E-state index is 0.539. The Kier molecular flexibility index (Phi) is 2.69. The summed E-state index contributed by atoms with van der Waals surface area (Å²) in [5.74, 6) is -0.760. The van der Waals surface area contributed by atoms with Crippen molar-refractivity contribution in [3.8, 4) is 0 Å². The summed E-state index contributed by atoms with van der Waals surface area (Å²) < 4.78 is 2.04. The maximum absolute atomic E-state index is 11.2. The molecule has 2 rings (SSSR count). The molecule has 1 N–H and O–H groups in total. The van der Waals surface area contributed by atoms with Gasteiger partial charge in [-0.25, -0.2) is 0 Å². The molecule has 0 bridgehead atoms. The lowest BCUT2D eigenvalue weighted by molar-refractivity contribution is -0.146. The predicted molar refractivity (Wildman–Crippen MR) is 68.0 cm³/mol. The first-order valence-electron chi connectivity index (χ1n) is 5.68. The summed E-state index contributed by atoms with van der Waals surface area (Å²) in [7, 11) is 1.99. The smallest absolute Gasteiger partial charge is 0.309 e. The number of aromatic nitrogens is 1. The molecule has 0 aliphatic rings. The van der Waals surface area contributed by atoms with Gasteiger partial charge in [-0.05, 0) is 37.3 Å². The number of carboxylic acids is 1. The molecule has 0 unspecified atom stereocenters. The Balaban J connectivity index is 2.49. The summed E-state index contributed by atoms with van der Waals surface area (Å²) in [4.78, 5) is 11.2. The van der Waals surface area contributed by atoms with Gasteiger partial charge in [-0.2, -0.15) is 0 Å². The third kappa shape index (κ3) is 2.05. The molecule has 0 saturated carbocycles. The quantitative estimate of drug-likeness (QED) is 0.882. The van der Waals surface area contributed by atoms with Crippen molar-refractivity contribution in [1.82, 2.24) is 4.57 Å². The maximum atomic E-state index is 11.2. The molecule has 2 aromatic rings. The topological polar surface area (TPSA) is 42.2 Å². The number of carboxylic acid groups (broad SMARTS) is 1. The fourth-order valence-corrected chi connectivity index (χ4v) is 2.14. The number of carbonyl (C=O) groups is 1. The third-order valence-corrected chi connectivity index (χ3v) is 3.19. The fourth-order valence-electron chi connectivity index (χ4n) is 2.14. The molecular weight excluding hydrogens is 214 g/mol. The SMILES string of the molecule is Cn1ccc2cccc(CC(C)(C)C(=O)O)c21. The predicted octanol–water partition coefficient (Wildman–Crippen LogP) is 2.83. The average molecular weight is 231 g/mol. The summed E-state index contributed by atoms with van der Waals surface area (Å²) in [6.45, 7) is 3.52. The minimum Gasteiger partial charge on any atom is -0.481 e. The van der Waals surface area contributed by atoms with Crippen LogP contribution in [0, 0.1) is 5.41 Å². The largest absolute Gasteiger partial charge is 0.481 e. The van der Waals surface area contributed by atoms with Crippen LogP contribution in [0.2, 0.25) is 0 Å². The van der Waals surface area contributed by atoms with Crippen LogP contribution < -0.4 is 0 Å². The lowest BCUT2D eigenvalue weighted by Crippen LogP contribution is -2.26. The van der Waals surface area contributed by atoms with Crippen molar-refractivity contribution in [2.24, 2.45) is 12.5 Å². The third-order valence-electron chi connectivity index (χ3n) is 3.19. The zero-order valence-corrected chi connectivity index (χ0v) is 10.4. The van der Waals surface area contributed by atoms with E-state index >= 15 is 0 Å². The highest BCUT2D eigenvalue weighted by molar-refractivity contribution is 5.84. The molecule has 1 aromatic carbocycles. The molecule has 0 spiro atoms. The second kappa shape index (κ2) is 3.91. The summed E-state index contributed by atoms with van der Waals surface area (Å²) >= 11 is 0. The number of hydrogen-bond donors (Lipinski definition) is 1. The number of hydrogen-bond acceptors (Lipinski definition) is 1. The van der Waals surface area contributed by atoms with Gasteiger partial charge in [0.25, 0.3) is 0 Å². The zero-order valence-electron chi connectivity index (χ0n) is 10.4. The molecule has 0 fully saturated rings. The van der Waals surface area contributed by atoms with E-state index in [1.807, 2.05) is 42.1 Å². The van der Waals surface area contributed by atoms with Gasteiger partial charge in [0.1, 0.15) is 0 Å². The normalized spacial score (nSPS) is 11.9. The number of benzene rings is 1. The average Bonchev–Trinajstić information content (AvgIpc) is 2.61. The van der Waals surface area contributed by atoms with E-state index in [9.17, 15) is 9.90 Å². The van der Waals surface area contributed by atoms with Crippen LogP contribution >= 0.6 is 0 Å². The number of para-hydroxylation sites is 1. The Morgan fingerprint density at radius 3 is 2.71 bits per heavy atom. The van der Waals surface area contributed by atoms with Gasteiger partial charge in [0.15, 0.2) is 0 Å². The van der Waals surface area contributed by atoms with Crippen molar-refractivity contribution in [2.75, 3.05) is 0 Å². The highest BCUT2D eigenvalue weighted by atomic mass is 16.4. The van der Waals surface area contributed by atoms with Crippen molar-refractivity contribution in [3.05, 3.63) is 36.0 Å². The number of rotatable bonds is 3. The first-order chi connectivity index (χ1) is 7.92. The number of aryl methyl sites for hydroxylation is 1. The van der Waals surface area contributed by atoms with E-state index in [-0.39, 0.29) is 0 Å². The van der Waals surface area contributed by atoms with E-state index in [1.54, 1.807) is 13.8 Å². The van der Waals surface area contributed by atoms with Gasteiger partial charge in [-0.15, -0.1) is 0 Å². The molecule has 0 aliphatic heterocycles. The van der Waals surface area contributed by atoms with E-state index in [0.29, 0.717) is 6.42 Å². The molecule has 1 heterocycles. The lowest BCUT2D eigenvalue weighted by Gasteiger charge is -2.19. The molecule has 3 heteroatoms. The second-order valence-electron chi connectivity index (χ2n) is 5.15. The molecule has 0 amide bonds. The highest BCUT2D eigenvalue weighted by Crippen LogP contribution is 2.27. The lowest BCUT2D eigenvalue weighted by atomic mass is 9.85. The first-order valence-corrected chi connectivity index (χ1v) is 5.68. The van der Waals surface area contributed by atoms with Crippen molar-refractivity contribution < 1.29 is 9.90 Å². The first kappa shape index (κ1) is 11.7. The van der Waals surface area contributed by atoms with E-state index < -0.39 is 11.4 Å². The van der Waals surface area contributed by atoms with Crippen LogP contribution in [0.1, 0.15) is 19.4 Å². The van der Waals surface area contributed by atoms with Crippen molar-refractivity contribution in [1.29, 1.82) is 0 Å². The maximum Gasteiger partial charge on any atom is 0.309 e. The Morgan fingerprint density at radius 2 is 2.06 bits per heavy atom. The van der Waals surface area contributed by atoms with Crippen LogP contribution in [0.25, 0.3) is 10.9 Å². The Bertz CT molecular complexity index is 567. The van der Waals surface area contributed by atoms with E-state index in [2.05, 4.69) is 0 Å². The Morgan fingerprint density at radius 1 is 1.35 bits per heavy atom. The molecule has 90 valence electrons. The summed E-state index contributed by atoms with van der Waals surface area (Å²) in [5, 5.41) is 10.3. The highest BCUT2D eigenvalue weighted by Gasteiger charge is 2.28. The molecule has 3 nitrogen and oxygen atoms in total. The minimum atomic E-state index is -0.760. The Hall–Kier alpha value is -1.77. The molecule has 0 saturated heterocycles. The standard InChI is InChI=1S/C14H17NO2/c1-14(2,13(16)17)9-11-6-4-5-10-7-8-15(3)12(10)11/h4-8H,9H2,1-3H3,(H,16,17). The number of nitrogens with zero attached hydrogens (tertiary/aromatic N) is 1. The van der Waals surface area contributed by atoms with Crippen LogP contribution in [-0.4, -0.2) is 15.6 Å². The van der Waals surface area contributed by atoms with Crippen molar-refractivity contribution in [3.63, 3.8) is 0 Å². The fraction of sp³-hybridized carbons (Fsp3) is 0.357. The molecule has 17 heavy (non-hydrogen) atoms. The van der Waals surface area contributed by atoms with Gasteiger partial charge in [-0.1, -0.05) is 18.2 Å². The van der Waals surface area contributed by atoms with Gasteiger partial charge < -0.3 is 9.67 Å². The van der Waals surface area contributed by atoms with E-state index in [4.69, 9.17) is 0 Å². The molecule has 0 atom stereocenters. The van der Waals surface area contributed by atoms with Crippen LogP contribution in [0.4, 0.5) is 0 Å². The summed E-state index contributed by atoms with van der Waals surface area (Å²) in [6, 6.07) is 8.09. The van der Waals surface area contributed by atoms with Gasteiger partial charge in [-0.3, -0.25) is 4.79 Å². The molecular formula is C14H17NO2. The van der Waals surface area contributed by atoms with E-state index in [0.717, 1.165) is 16.5 Å². The van der Waals surface area contributed by atoms with Crippen LogP contribution in [0.3, 0.4) is 0 Å². The summed E-state index contributed by atoms with van der Waals surface area (Å²) in [5.41, 5.74) is 1.47. The van der Waals surface area contributed by atoms with Crippen LogP contribution in [0.5, 0.6) is 0 Å². The van der Waals surface area contributed by atoms with Gasteiger partial charge >= 0.3 is 5.97 Å². The zero-order chi connectivity index (χ0) is 12.6. The molecule has 0 radical (unpaired) electrons. The van der Waals surface area contributed by atoms with Crippen molar-refractivity contribution in [2.45, 2.75) is 20.3 Å². The number of fused-ring (bicyclic) bond motifs is 1. The van der Waals surface area contributed by atoms with Gasteiger partial charge in [0.05, 0.1) is 10.9 Å². The molecule has 1 aromatic heterocycles. The van der Waals surface area contributed by atoms with Crippen LogP contribution in [0.15, 0.2) is 30.5 Å². The van der Waals surface area contributed by atoms with Gasteiger partial charge in [0.2, 0.25) is 0 Å². The number of aliphatic carboxylic acids is 1. The Labute approximate surface area is 101 Å². The van der Waals surface area contributed by atoms with E-state index in [1.165, 1.54) is 0 Å². The monoisotopic (exact) mass is 231 g/mol. The van der Waals surface area contributed by atoms with Crippen LogP contribution in [-0.2, 0) is 18.3 Å². The second-order valence-corrected chi connectivity index (χ2v) is 5.15. The summed E-state index contributed by atoms with van der Waals surface area (Å²) in [6.07, 6.45) is 2.54.